The predicted octanol–water partition coefficient (Wildman–Crippen LogP) is 8.25. The van der Waals surface area contributed by atoms with Crippen LogP contribution < -0.4 is 5.32 Å². The summed E-state index contributed by atoms with van der Waals surface area (Å²) in [6.07, 6.45) is 0.649. The van der Waals surface area contributed by atoms with Crippen LogP contribution in [0.3, 0.4) is 0 Å². The molecule has 2 N–H and O–H groups in total. The number of nitrogens with one attached hydrogen (secondary N) is 1. The van der Waals surface area contributed by atoms with Crippen LogP contribution in [0.5, 0.6) is 0 Å². The minimum absolute atomic E-state index is 0.0178. The number of aliphatic hydroxyl groups excluding tert-OH is 1. The molecule has 1 aliphatic rings. The molecule has 9 heteroatoms. The highest BCUT2D eigenvalue weighted by Crippen LogP contribution is 2.41. The molecule has 4 aromatic carbocycles. The summed E-state index contributed by atoms with van der Waals surface area (Å²) in [5, 5.41) is 12.8. The summed E-state index contributed by atoms with van der Waals surface area (Å²) in [4.78, 5) is 16.7. The Morgan fingerprint density at radius 3 is 2.23 bits per heavy atom. The van der Waals surface area contributed by atoms with Gasteiger partial charge in [-0.1, -0.05) is 134 Å². The van der Waals surface area contributed by atoms with Gasteiger partial charge in [0.2, 0.25) is 0 Å². The monoisotopic (exact) mass is 648 g/mol. The number of rotatable bonds is 12. The predicted molar refractivity (Wildman–Crippen MR) is 181 cm³/mol. The Hall–Kier alpha value is -4.67. The van der Waals surface area contributed by atoms with E-state index in [1.165, 1.54) is 17.8 Å². The van der Waals surface area contributed by atoms with Crippen LogP contribution in [-0.4, -0.2) is 34.6 Å². The molecular formula is C38H36N2O6S. The van der Waals surface area contributed by atoms with E-state index in [0.29, 0.717) is 23.9 Å². The van der Waals surface area contributed by atoms with E-state index in [-0.39, 0.29) is 25.4 Å². The van der Waals surface area contributed by atoms with Gasteiger partial charge in [0.15, 0.2) is 12.1 Å². The molecule has 3 atom stereocenters. The lowest BCUT2D eigenvalue weighted by molar-refractivity contribution is -0.245. The number of oxazole rings is 1. The number of ether oxygens (including phenoxy) is 3. The fraction of sp³-hybridized carbons (Fsp3) is 0.211. The van der Waals surface area contributed by atoms with Gasteiger partial charge in [-0.25, -0.2) is 9.78 Å². The Bertz CT molecular complexity index is 1690. The second-order valence-corrected chi connectivity index (χ2v) is 12.0. The highest BCUT2D eigenvalue weighted by atomic mass is 32.2. The smallest absolute Gasteiger partial charge is 0.407 e. The van der Waals surface area contributed by atoms with Gasteiger partial charge in [0.25, 0.3) is 5.22 Å². The lowest BCUT2D eigenvalue weighted by Gasteiger charge is -2.36. The molecule has 0 bridgehead atoms. The van der Waals surface area contributed by atoms with Crippen molar-refractivity contribution in [2.24, 2.45) is 0 Å². The standard InChI is InChI=1S/C38H36N2O6S/c1-2-21-43-37(42)39-23-26-13-19-31(20-14-26)36-44-32(22-33(45-36)28-17-15-27(24-41)16-18-28)25-47-38-40-34(29-9-5-3-6-10-29)35(46-38)30-11-7-4-8-12-30/h2-20,32-33,36,41H,1,21-25H2,(H,39,42)/t32-,33+,36+/m0/s1. The molecule has 1 aliphatic heterocycles. The number of thioether (sulfide) groups is 1. The molecule has 6 rings (SSSR count). The fourth-order valence-corrected chi connectivity index (χ4v) is 6.12. The van der Waals surface area contributed by atoms with Crippen molar-refractivity contribution in [2.45, 2.75) is 43.3 Å². The number of aliphatic hydroxyl groups is 1. The molecule has 240 valence electrons. The molecule has 8 nitrogen and oxygen atoms in total. The van der Waals surface area contributed by atoms with Gasteiger partial charge in [-0.05, 0) is 16.7 Å². The maximum Gasteiger partial charge on any atom is 0.407 e. The van der Waals surface area contributed by atoms with Crippen molar-refractivity contribution < 1.29 is 28.5 Å². The minimum atomic E-state index is -0.610. The molecule has 0 aliphatic carbocycles. The van der Waals surface area contributed by atoms with Crippen molar-refractivity contribution >= 4 is 17.9 Å². The summed E-state index contributed by atoms with van der Waals surface area (Å²) in [5.41, 5.74) is 6.39. The first-order valence-electron chi connectivity index (χ1n) is 15.4. The van der Waals surface area contributed by atoms with Crippen LogP contribution in [0.1, 0.15) is 41.1 Å². The van der Waals surface area contributed by atoms with E-state index in [0.717, 1.165) is 44.8 Å². The Kier molecular flexibility index (Phi) is 10.8. The number of carbonyl (C=O) groups excluding carboxylic acids is 1. The zero-order valence-corrected chi connectivity index (χ0v) is 26.6. The van der Waals surface area contributed by atoms with Crippen molar-refractivity contribution in [1.29, 1.82) is 0 Å². The molecule has 0 saturated carbocycles. The van der Waals surface area contributed by atoms with E-state index < -0.39 is 12.4 Å². The number of benzene rings is 4. The average molecular weight is 649 g/mol. The van der Waals surface area contributed by atoms with Gasteiger partial charge in [-0.3, -0.25) is 0 Å². The average Bonchev–Trinajstić information content (AvgIpc) is 3.57. The summed E-state index contributed by atoms with van der Waals surface area (Å²) in [7, 11) is 0. The van der Waals surface area contributed by atoms with Gasteiger partial charge in [0, 0.05) is 35.4 Å². The zero-order valence-electron chi connectivity index (χ0n) is 25.8. The molecule has 0 radical (unpaired) electrons. The van der Waals surface area contributed by atoms with Gasteiger partial charge in [0.05, 0.1) is 18.8 Å². The van der Waals surface area contributed by atoms with Crippen molar-refractivity contribution in [2.75, 3.05) is 12.4 Å². The first-order valence-corrected chi connectivity index (χ1v) is 16.4. The topological polar surface area (TPSA) is 103 Å². The summed E-state index contributed by atoms with van der Waals surface area (Å²) < 4.78 is 24.4. The number of alkyl carbamates (subject to hydrolysis) is 1. The molecule has 5 aromatic rings. The van der Waals surface area contributed by atoms with Crippen LogP contribution in [-0.2, 0) is 27.4 Å². The number of amides is 1. The lowest BCUT2D eigenvalue weighted by Crippen LogP contribution is -2.31. The van der Waals surface area contributed by atoms with Gasteiger partial charge < -0.3 is 29.1 Å². The van der Waals surface area contributed by atoms with Crippen LogP contribution in [0.2, 0.25) is 0 Å². The van der Waals surface area contributed by atoms with Gasteiger partial charge in [-0.15, -0.1) is 0 Å². The molecular weight excluding hydrogens is 612 g/mol. The molecule has 1 aromatic heterocycles. The maximum atomic E-state index is 11.8. The van der Waals surface area contributed by atoms with Crippen LogP contribution >= 0.6 is 11.8 Å². The molecule has 1 saturated heterocycles. The SMILES string of the molecule is C=CCOC(=O)NCc1ccc([C@@H]2O[C@H](CSc3nc(-c4ccccc4)c(-c4ccccc4)o3)C[C@H](c3ccc(CO)cc3)O2)cc1. The number of hydrogen-bond donors (Lipinski definition) is 2. The number of carbonyl (C=O) groups is 1. The lowest BCUT2D eigenvalue weighted by atomic mass is 10.0. The van der Waals surface area contributed by atoms with E-state index in [9.17, 15) is 9.90 Å². The largest absolute Gasteiger partial charge is 0.445 e. The van der Waals surface area contributed by atoms with E-state index in [1.807, 2.05) is 109 Å². The molecule has 0 spiro atoms. The van der Waals surface area contributed by atoms with Crippen LogP contribution in [0.4, 0.5) is 4.79 Å². The molecule has 1 fully saturated rings. The zero-order chi connectivity index (χ0) is 32.4. The van der Waals surface area contributed by atoms with E-state index in [2.05, 4.69) is 11.9 Å². The Morgan fingerprint density at radius 2 is 1.55 bits per heavy atom. The molecule has 2 heterocycles. The quantitative estimate of drug-likeness (QED) is 0.103. The molecule has 47 heavy (non-hydrogen) atoms. The first kappa shape index (κ1) is 32.3. The molecule has 0 unspecified atom stereocenters. The normalized spacial score (nSPS) is 17.6. The van der Waals surface area contributed by atoms with E-state index in [1.54, 1.807) is 0 Å². The highest BCUT2D eigenvalue weighted by Gasteiger charge is 2.33. The summed E-state index contributed by atoms with van der Waals surface area (Å²) in [6, 6.07) is 35.6. The van der Waals surface area contributed by atoms with Crippen LogP contribution in [0, 0.1) is 0 Å². The minimum Gasteiger partial charge on any atom is -0.445 e. The summed E-state index contributed by atoms with van der Waals surface area (Å²) in [5.74, 6) is 1.33. The number of aromatic nitrogens is 1. The van der Waals surface area contributed by atoms with Crippen LogP contribution in [0.15, 0.2) is 131 Å². The van der Waals surface area contributed by atoms with Crippen molar-refractivity contribution in [3.8, 4) is 22.6 Å². The van der Waals surface area contributed by atoms with Crippen molar-refractivity contribution in [3.05, 3.63) is 144 Å². The summed E-state index contributed by atoms with van der Waals surface area (Å²) in [6.45, 7) is 4.01. The number of nitrogens with zero attached hydrogens (tertiary/aromatic N) is 1. The second kappa shape index (κ2) is 15.8. The van der Waals surface area contributed by atoms with E-state index >= 15 is 0 Å². The van der Waals surface area contributed by atoms with Gasteiger partial charge >= 0.3 is 6.09 Å². The second-order valence-electron chi connectivity index (χ2n) is 11.0. The Labute approximate surface area is 278 Å². The third-order valence-electron chi connectivity index (χ3n) is 7.72. The van der Waals surface area contributed by atoms with Crippen molar-refractivity contribution in [1.82, 2.24) is 10.3 Å². The fourth-order valence-electron chi connectivity index (χ4n) is 5.28. The van der Waals surface area contributed by atoms with Crippen LogP contribution in [0.25, 0.3) is 22.6 Å². The summed E-state index contributed by atoms with van der Waals surface area (Å²) >= 11 is 1.52. The Morgan fingerprint density at radius 1 is 0.894 bits per heavy atom. The first-order chi connectivity index (χ1) is 23.1. The van der Waals surface area contributed by atoms with Gasteiger partial charge in [-0.2, -0.15) is 0 Å². The van der Waals surface area contributed by atoms with Crippen molar-refractivity contribution in [3.63, 3.8) is 0 Å². The maximum absolute atomic E-state index is 11.8. The third kappa shape index (κ3) is 8.38. The number of hydrogen-bond acceptors (Lipinski definition) is 8. The third-order valence-corrected chi connectivity index (χ3v) is 8.68. The van der Waals surface area contributed by atoms with E-state index in [4.69, 9.17) is 23.6 Å². The molecule has 1 amide bonds. The highest BCUT2D eigenvalue weighted by molar-refractivity contribution is 7.99. The van der Waals surface area contributed by atoms with Gasteiger partial charge in [0.1, 0.15) is 12.3 Å². The Balaban J connectivity index is 1.19.